The highest BCUT2D eigenvalue weighted by Gasteiger charge is 2.39. The monoisotopic (exact) mass is 374 g/mol. The zero-order chi connectivity index (χ0) is 20.3. The summed E-state index contributed by atoms with van der Waals surface area (Å²) in [7, 11) is 0. The van der Waals surface area contributed by atoms with Crippen LogP contribution in [0.4, 0.5) is 0 Å². The van der Waals surface area contributed by atoms with Crippen LogP contribution in [0.3, 0.4) is 0 Å². The van der Waals surface area contributed by atoms with E-state index in [0.29, 0.717) is 16.9 Å². The summed E-state index contributed by atoms with van der Waals surface area (Å²) >= 11 is 0. The van der Waals surface area contributed by atoms with Crippen LogP contribution in [0, 0.1) is 0 Å². The molecule has 27 heavy (non-hydrogen) atoms. The van der Waals surface area contributed by atoms with Crippen LogP contribution in [0.5, 0.6) is 11.5 Å². The second kappa shape index (κ2) is 8.07. The maximum absolute atomic E-state index is 12.5. The van der Waals surface area contributed by atoms with Gasteiger partial charge in [0.1, 0.15) is 18.1 Å². The van der Waals surface area contributed by atoms with Gasteiger partial charge in [-0.15, -0.1) is 0 Å². The van der Waals surface area contributed by atoms with Crippen molar-refractivity contribution in [3.8, 4) is 11.5 Å². The largest absolute Gasteiger partial charge is 0.507 e. The number of ether oxygens (including phenoxy) is 3. The van der Waals surface area contributed by atoms with E-state index in [1.165, 1.54) is 32.1 Å². The van der Waals surface area contributed by atoms with Crippen LogP contribution in [0.1, 0.15) is 49.7 Å². The van der Waals surface area contributed by atoms with Gasteiger partial charge in [0.05, 0.1) is 11.1 Å². The molecular formula is C20H22O7. The van der Waals surface area contributed by atoms with Gasteiger partial charge in [0.25, 0.3) is 0 Å². The molecule has 1 aliphatic rings. The van der Waals surface area contributed by atoms with Crippen molar-refractivity contribution >= 4 is 17.7 Å². The van der Waals surface area contributed by atoms with E-state index in [4.69, 9.17) is 14.2 Å². The highest BCUT2D eigenvalue weighted by molar-refractivity contribution is 5.97. The van der Waals surface area contributed by atoms with Crippen LogP contribution in [0.2, 0.25) is 0 Å². The molecule has 0 saturated heterocycles. The quantitative estimate of drug-likeness (QED) is 0.354. The topological polar surface area (TPSA) is 99.1 Å². The number of ketones is 1. The molecular weight excluding hydrogens is 352 g/mol. The molecule has 1 aromatic carbocycles. The van der Waals surface area contributed by atoms with Crippen molar-refractivity contribution in [2.45, 2.75) is 39.9 Å². The zero-order valence-corrected chi connectivity index (χ0v) is 15.7. The van der Waals surface area contributed by atoms with Crippen LogP contribution in [0.25, 0.3) is 0 Å². The third-order valence-corrected chi connectivity index (χ3v) is 4.10. The number of carbonyl (C=O) groups is 3. The summed E-state index contributed by atoms with van der Waals surface area (Å²) in [4.78, 5) is 35.2. The van der Waals surface area contributed by atoms with Crippen molar-refractivity contribution in [2.75, 3.05) is 6.61 Å². The smallest absolute Gasteiger partial charge is 0.337 e. The Morgan fingerprint density at radius 2 is 1.93 bits per heavy atom. The predicted octanol–water partition coefficient (Wildman–Crippen LogP) is 3.03. The van der Waals surface area contributed by atoms with Gasteiger partial charge in [-0.3, -0.25) is 9.59 Å². The Hall–Kier alpha value is -3.09. The number of benzene rings is 1. The summed E-state index contributed by atoms with van der Waals surface area (Å²) < 4.78 is 16.2. The molecule has 2 atom stereocenters. The van der Waals surface area contributed by atoms with Gasteiger partial charge >= 0.3 is 11.9 Å². The maximum Gasteiger partial charge on any atom is 0.337 e. The molecule has 1 aromatic rings. The first-order valence-electron chi connectivity index (χ1n) is 8.35. The maximum atomic E-state index is 12.5. The van der Waals surface area contributed by atoms with Crippen molar-refractivity contribution in [1.29, 1.82) is 0 Å². The molecule has 7 nitrogen and oxygen atoms in total. The van der Waals surface area contributed by atoms with E-state index in [1.54, 1.807) is 13.8 Å². The number of phenols is 1. The van der Waals surface area contributed by atoms with Gasteiger partial charge in [-0.25, -0.2) is 4.79 Å². The van der Waals surface area contributed by atoms with Gasteiger partial charge in [-0.1, -0.05) is 12.7 Å². The molecule has 0 aliphatic carbocycles. The summed E-state index contributed by atoms with van der Waals surface area (Å²) in [5, 5.41) is 10.00. The molecule has 2 rings (SSSR count). The molecule has 0 amide bonds. The van der Waals surface area contributed by atoms with Gasteiger partial charge in [-0.05, 0) is 32.4 Å². The first-order valence-corrected chi connectivity index (χ1v) is 8.35. The Morgan fingerprint density at radius 1 is 1.26 bits per heavy atom. The van der Waals surface area contributed by atoms with Crippen LogP contribution in [0.15, 0.2) is 35.9 Å². The minimum absolute atomic E-state index is 0.104. The molecule has 0 aromatic heterocycles. The molecule has 0 fully saturated rings. The van der Waals surface area contributed by atoms with Crippen LogP contribution >= 0.6 is 0 Å². The number of allylic oxidation sites excluding steroid dienone is 1. The van der Waals surface area contributed by atoms with E-state index in [9.17, 15) is 19.5 Å². The van der Waals surface area contributed by atoms with Crippen molar-refractivity contribution < 1.29 is 33.7 Å². The first-order chi connectivity index (χ1) is 12.6. The van der Waals surface area contributed by atoms with Gasteiger partial charge in [-0.2, -0.15) is 0 Å². The summed E-state index contributed by atoms with van der Waals surface area (Å²) in [5.74, 6) is -1.42. The second-order valence-corrected chi connectivity index (χ2v) is 6.27. The van der Waals surface area contributed by atoms with Gasteiger partial charge in [0.2, 0.25) is 0 Å². The number of aromatic hydroxyl groups is 1. The average molecular weight is 374 g/mol. The van der Waals surface area contributed by atoms with Crippen LogP contribution < -0.4 is 4.74 Å². The Morgan fingerprint density at radius 3 is 2.44 bits per heavy atom. The Kier molecular flexibility index (Phi) is 6.05. The van der Waals surface area contributed by atoms with Crippen molar-refractivity contribution in [3.05, 3.63) is 47.1 Å². The Labute approximate surface area is 157 Å². The number of Topliss-reactive ketones (excluding diaryl/α,β-unsaturated/α-hetero) is 1. The lowest BCUT2D eigenvalue weighted by molar-refractivity contribution is -0.148. The molecule has 7 heteroatoms. The number of rotatable bonds is 6. The minimum Gasteiger partial charge on any atom is -0.507 e. The number of hydrogen-bond acceptors (Lipinski definition) is 7. The van der Waals surface area contributed by atoms with Crippen molar-refractivity contribution in [3.63, 3.8) is 0 Å². The number of fused-ring (bicyclic) bond motifs is 1. The van der Waals surface area contributed by atoms with E-state index >= 15 is 0 Å². The lowest BCUT2D eigenvalue weighted by Gasteiger charge is -2.20. The lowest BCUT2D eigenvalue weighted by Crippen LogP contribution is -2.26. The number of esters is 2. The van der Waals surface area contributed by atoms with Gasteiger partial charge in [0, 0.05) is 18.6 Å². The second-order valence-electron chi connectivity index (χ2n) is 6.27. The van der Waals surface area contributed by atoms with Gasteiger partial charge in [0.15, 0.2) is 18.0 Å². The lowest BCUT2D eigenvalue weighted by atomic mass is 9.98. The van der Waals surface area contributed by atoms with Crippen LogP contribution in [-0.2, 0) is 19.1 Å². The third kappa shape index (κ3) is 4.36. The van der Waals surface area contributed by atoms with E-state index in [0.717, 1.165) is 0 Å². The third-order valence-electron chi connectivity index (χ3n) is 4.10. The van der Waals surface area contributed by atoms with Gasteiger partial charge < -0.3 is 19.3 Å². The highest BCUT2D eigenvalue weighted by Crippen LogP contribution is 2.44. The molecule has 0 unspecified atom stereocenters. The van der Waals surface area contributed by atoms with E-state index < -0.39 is 24.1 Å². The molecule has 1 aliphatic heterocycles. The summed E-state index contributed by atoms with van der Waals surface area (Å²) in [6, 6.07) is 2.78. The fourth-order valence-electron chi connectivity index (χ4n) is 2.67. The molecule has 1 N–H and O–H groups in total. The summed E-state index contributed by atoms with van der Waals surface area (Å²) in [6.45, 7) is 9.56. The fraction of sp³-hybridized carbons (Fsp3) is 0.350. The van der Waals surface area contributed by atoms with E-state index in [2.05, 4.69) is 6.58 Å². The number of carbonyl (C=O) groups excluding carboxylic acids is 3. The summed E-state index contributed by atoms with van der Waals surface area (Å²) in [5.41, 5.74) is 1.34. The summed E-state index contributed by atoms with van der Waals surface area (Å²) in [6.07, 6.45) is -0.0244. The number of hydrogen-bond donors (Lipinski definition) is 1. The zero-order valence-electron chi connectivity index (χ0n) is 15.7. The van der Waals surface area contributed by atoms with Crippen molar-refractivity contribution in [2.24, 2.45) is 0 Å². The highest BCUT2D eigenvalue weighted by atomic mass is 16.6. The average Bonchev–Trinajstić information content (AvgIpc) is 2.91. The molecule has 0 spiro atoms. The fourth-order valence-corrected chi connectivity index (χ4v) is 2.67. The molecule has 1 heterocycles. The van der Waals surface area contributed by atoms with E-state index in [-0.39, 0.29) is 29.3 Å². The standard InChI is InChI=1S/C20H22O7/c1-6-13(9-25-12(5)22)20(24)27-19-15-7-14(11(4)21)16(23)8-17(15)26-18(19)10(2)3/h6-8,18-19,23H,2,9H2,1,3-5H3/t18-,19+/m1/s1. The predicted molar refractivity (Wildman–Crippen MR) is 96.6 cm³/mol. The Balaban J connectivity index is 2.35. The Bertz CT molecular complexity index is 835. The molecule has 0 radical (unpaired) electrons. The minimum atomic E-state index is -0.851. The normalized spacial score (nSPS) is 18.3. The first kappa shape index (κ1) is 20.2. The molecule has 0 bridgehead atoms. The van der Waals surface area contributed by atoms with Crippen molar-refractivity contribution in [1.82, 2.24) is 0 Å². The van der Waals surface area contributed by atoms with Crippen LogP contribution in [-0.4, -0.2) is 35.5 Å². The molecule has 144 valence electrons. The van der Waals surface area contributed by atoms with E-state index in [1.807, 2.05) is 0 Å². The SMILES string of the molecule is C=C(C)[C@H]1Oc2cc(O)c(C(C)=O)cc2[C@@H]1OC(=O)C(=CC)COC(C)=O. The molecule has 0 saturated carbocycles. The number of phenolic OH excluding ortho intramolecular Hbond substituents is 1.